The van der Waals surface area contributed by atoms with Gasteiger partial charge in [-0.25, -0.2) is 9.97 Å². The minimum Gasteiger partial charge on any atom is -0.389 e. The Kier molecular flexibility index (Phi) is 4.14. The fourth-order valence-corrected chi connectivity index (χ4v) is 3.19. The van der Waals surface area contributed by atoms with Crippen molar-refractivity contribution in [2.24, 2.45) is 0 Å². The van der Waals surface area contributed by atoms with E-state index in [1.165, 1.54) is 0 Å². The van der Waals surface area contributed by atoms with Crippen LogP contribution in [-0.4, -0.2) is 24.6 Å². The number of halogens is 1. The van der Waals surface area contributed by atoms with Crippen LogP contribution in [0.25, 0.3) is 16.9 Å². The second kappa shape index (κ2) is 6.48. The van der Waals surface area contributed by atoms with Crippen molar-refractivity contribution in [1.82, 2.24) is 19.5 Å². The van der Waals surface area contributed by atoms with Crippen molar-refractivity contribution in [3.05, 3.63) is 65.2 Å². The number of aryl methyl sites for hydroxylation is 1. The molecule has 0 fully saturated rings. The second-order valence-electron chi connectivity index (χ2n) is 6.22. The van der Waals surface area contributed by atoms with E-state index < -0.39 is 6.10 Å². The molecule has 0 aliphatic heterocycles. The van der Waals surface area contributed by atoms with Gasteiger partial charge in [0.1, 0.15) is 23.1 Å². The zero-order valence-electron chi connectivity index (χ0n) is 14.4. The Hall–Kier alpha value is -2.83. The van der Waals surface area contributed by atoms with Crippen molar-refractivity contribution < 1.29 is 5.11 Å². The van der Waals surface area contributed by atoms with Gasteiger partial charge in [-0.3, -0.25) is 4.57 Å². The van der Waals surface area contributed by atoms with Crippen molar-refractivity contribution >= 4 is 34.1 Å². The number of aromatic nitrogens is 4. The van der Waals surface area contributed by atoms with Crippen molar-refractivity contribution in [2.45, 2.75) is 20.0 Å². The van der Waals surface area contributed by atoms with E-state index >= 15 is 0 Å². The second-order valence-corrected chi connectivity index (χ2v) is 6.58. The number of rotatable bonds is 4. The van der Waals surface area contributed by atoms with Crippen LogP contribution >= 0.6 is 11.6 Å². The van der Waals surface area contributed by atoms with E-state index in [-0.39, 0.29) is 0 Å². The third-order valence-corrected chi connectivity index (χ3v) is 4.52. The molecular weight excluding hydrogens is 350 g/mol. The summed E-state index contributed by atoms with van der Waals surface area (Å²) in [5.41, 5.74) is 4.41. The molecule has 3 aromatic heterocycles. The zero-order valence-corrected chi connectivity index (χ0v) is 15.1. The Bertz CT molecular complexity index is 1080. The number of hydrogen-bond acceptors (Lipinski definition) is 4. The Morgan fingerprint density at radius 3 is 2.73 bits per heavy atom. The lowest BCUT2D eigenvalue weighted by Crippen LogP contribution is -2.00. The van der Waals surface area contributed by atoms with Gasteiger partial charge in [-0.2, -0.15) is 0 Å². The number of anilines is 2. The average Bonchev–Trinajstić information content (AvgIpc) is 3.20. The summed E-state index contributed by atoms with van der Waals surface area (Å²) in [7, 11) is 0. The van der Waals surface area contributed by atoms with Gasteiger partial charge in [-0.15, -0.1) is 0 Å². The minimum absolute atomic E-state index is 0.291. The lowest BCUT2D eigenvalue weighted by Gasteiger charge is -2.10. The molecule has 3 heterocycles. The molecule has 3 N–H and O–H groups in total. The maximum atomic E-state index is 9.70. The van der Waals surface area contributed by atoms with Gasteiger partial charge in [-0.05, 0) is 56.3 Å². The summed E-state index contributed by atoms with van der Waals surface area (Å²) in [5.74, 6) is 1.59. The summed E-state index contributed by atoms with van der Waals surface area (Å²) in [6.07, 6.45) is 1.06. The minimum atomic E-state index is -0.658. The molecule has 0 saturated carbocycles. The van der Waals surface area contributed by atoms with E-state index in [1.807, 2.05) is 47.9 Å². The molecule has 4 aromatic rings. The van der Waals surface area contributed by atoms with Crippen LogP contribution in [0.3, 0.4) is 0 Å². The Labute approximate surface area is 155 Å². The first-order chi connectivity index (χ1) is 12.5. The third kappa shape index (κ3) is 3.05. The summed E-state index contributed by atoms with van der Waals surface area (Å²) < 4.78 is 1.87. The van der Waals surface area contributed by atoms with Gasteiger partial charge in [0, 0.05) is 16.9 Å². The van der Waals surface area contributed by atoms with Crippen molar-refractivity contribution in [3.63, 3.8) is 0 Å². The molecule has 4 rings (SSSR count). The Morgan fingerprint density at radius 2 is 2.04 bits per heavy atom. The number of nitrogens with zero attached hydrogens (tertiary/aromatic N) is 3. The number of fused-ring (bicyclic) bond motifs is 1. The number of hydrogen-bond donors (Lipinski definition) is 3. The molecule has 0 aliphatic rings. The summed E-state index contributed by atoms with van der Waals surface area (Å²) in [5, 5.41) is 13.3. The molecule has 7 heteroatoms. The normalized spacial score (nSPS) is 12.5. The van der Waals surface area contributed by atoms with Gasteiger partial charge in [0.2, 0.25) is 0 Å². The lowest BCUT2D eigenvalue weighted by atomic mass is 10.2. The maximum absolute atomic E-state index is 9.70. The van der Waals surface area contributed by atoms with Crippen LogP contribution in [0.4, 0.5) is 11.5 Å². The first kappa shape index (κ1) is 16.6. The highest BCUT2D eigenvalue weighted by Gasteiger charge is 2.12. The van der Waals surface area contributed by atoms with E-state index in [1.54, 1.807) is 19.3 Å². The van der Waals surface area contributed by atoms with Gasteiger partial charge in [-0.1, -0.05) is 11.6 Å². The fraction of sp³-hybridized carbons (Fsp3) is 0.158. The molecule has 1 unspecified atom stereocenters. The Balaban J connectivity index is 1.68. The molecule has 1 atom stereocenters. The van der Waals surface area contributed by atoms with Gasteiger partial charge in [0.15, 0.2) is 0 Å². The van der Waals surface area contributed by atoms with Crippen LogP contribution < -0.4 is 5.32 Å². The van der Waals surface area contributed by atoms with Crippen molar-refractivity contribution in [2.75, 3.05) is 5.32 Å². The summed E-state index contributed by atoms with van der Waals surface area (Å²) >= 11 is 6.19. The van der Waals surface area contributed by atoms with Crippen LogP contribution in [0.15, 0.2) is 48.8 Å². The van der Waals surface area contributed by atoms with Gasteiger partial charge < -0.3 is 15.4 Å². The standard InChI is InChI=1S/C19H18ClN5O/c1-11-3-7-17(22-11)23-13-4-6-16-15(9-13)21-10-25(16)18-8-5-14(12(2)26)19(20)24-18/h3-10,12,22-23,26H,1-2H3. The predicted octanol–water partition coefficient (Wildman–Crippen LogP) is 4.51. The molecule has 0 radical (unpaired) electrons. The lowest BCUT2D eigenvalue weighted by molar-refractivity contribution is 0.199. The van der Waals surface area contributed by atoms with Crippen molar-refractivity contribution in [1.29, 1.82) is 0 Å². The van der Waals surface area contributed by atoms with Crippen molar-refractivity contribution in [3.8, 4) is 5.82 Å². The molecular formula is C19H18ClN5O. The van der Waals surface area contributed by atoms with Gasteiger partial charge in [0.05, 0.1) is 17.1 Å². The van der Waals surface area contributed by atoms with Crippen LogP contribution in [0.1, 0.15) is 24.3 Å². The van der Waals surface area contributed by atoms with E-state index in [0.717, 1.165) is 28.2 Å². The van der Waals surface area contributed by atoms with E-state index in [0.29, 0.717) is 16.5 Å². The number of pyridine rings is 1. The highest BCUT2D eigenvalue weighted by molar-refractivity contribution is 6.30. The molecule has 0 saturated heterocycles. The molecule has 1 aromatic carbocycles. The largest absolute Gasteiger partial charge is 0.389 e. The number of nitrogens with one attached hydrogen (secondary N) is 2. The Morgan fingerprint density at radius 1 is 1.19 bits per heavy atom. The smallest absolute Gasteiger partial charge is 0.140 e. The quantitative estimate of drug-likeness (QED) is 0.464. The number of aliphatic hydroxyl groups is 1. The topological polar surface area (TPSA) is 78.8 Å². The number of benzene rings is 1. The highest BCUT2D eigenvalue weighted by Crippen LogP contribution is 2.26. The first-order valence-corrected chi connectivity index (χ1v) is 8.64. The molecule has 0 bridgehead atoms. The van der Waals surface area contributed by atoms with Crippen LogP contribution in [-0.2, 0) is 0 Å². The average molecular weight is 368 g/mol. The summed E-state index contributed by atoms with van der Waals surface area (Å²) in [6, 6.07) is 13.6. The zero-order chi connectivity index (χ0) is 18.3. The SMILES string of the molecule is Cc1ccc(Nc2ccc3c(c2)ncn3-c2ccc(C(C)O)c(Cl)n2)[nH]1. The number of H-pyrrole nitrogens is 1. The first-order valence-electron chi connectivity index (χ1n) is 8.26. The van der Waals surface area contributed by atoms with Crippen LogP contribution in [0.5, 0.6) is 0 Å². The molecule has 26 heavy (non-hydrogen) atoms. The van der Waals surface area contributed by atoms with Crippen LogP contribution in [0.2, 0.25) is 5.15 Å². The molecule has 0 amide bonds. The van der Waals surface area contributed by atoms with E-state index in [9.17, 15) is 5.11 Å². The predicted molar refractivity (Wildman–Crippen MR) is 103 cm³/mol. The summed E-state index contributed by atoms with van der Waals surface area (Å²) in [4.78, 5) is 12.1. The van der Waals surface area contributed by atoms with Gasteiger partial charge >= 0.3 is 0 Å². The van der Waals surface area contributed by atoms with E-state index in [2.05, 4.69) is 20.3 Å². The molecule has 132 valence electrons. The van der Waals surface area contributed by atoms with E-state index in [4.69, 9.17) is 11.6 Å². The molecule has 0 spiro atoms. The van der Waals surface area contributed by atoms with Gasteiger partial charge in [0.25, 0.3) is 0 Å². The highest BCUT2D eigenvalue weighted by atomic mass is 35.5. The maximum Gasteiger partial charge on any atom is 0.140 e. The monoisotopic (exact) mass is 367 g/mol. The number of aliphatic hydroxyl groups excluding tert-OH is 1. The van der Waals surface area contributed by atoms with Crippen LogP contribution in [0, 0.1) is 6.92 Å². The number of aromatic amines is 1. The fourth-order valence-electron chi connectivity index (χ4n) is 2.89. The molecule has 6 nitrogen and oxygen atoms in total. The summed E-state index contributed by atoms with van der Waals surface area (Å²) in [6.45, 7) is 3.67. The third-order valence-electron chi connectivity index (χ3n) is 4.22. The molecule has 0 aliphatic carbocycles. The number of imidazole rings is 1.